The highest BCUT2D eigenvalue weighted by molar-refractivity contribution is 5.78. The quantitative estimate of drug-likeness (QED) is 0.550. The molecule has 0 aliphatic heterocycles. The first kappa shape index (κ1) is 10.7. The zero-order chi connectivity index (χ0) is 9.68. The second-order valence-electron chi connectivity index (χ2n) is 4.48. The number of ketones is 1. The fraction of sp³-hybridized carbons (Fsp3) is 0.917. The van der Waals surface area contributed by atoms with Gasteiger partial charge in [-0.25, -0.2) is 0 Å². The maximum Gasteiger partial charge on any atom is 0.132 e. The van der Waals surface area contributed by atoms with Crippen LogP contribution in [0.3, 0.4) is 0 Å². The van der Waals surface area contributed by atoms with Gasteiger partial charge >= 0.3 is 0 Å². The van der Waals surface area contributed by atoms with E-state index in [4.69, 9.17) is 0 Å². The Bertz CT molecular complexity index is 159. The average Bonchev–Trinajstić information content (AvgIpc) is 2.86. The molecule has 76 valence electrons. The van der Waals surface area contributed by atoms with E-state index in [0.717, 1.165) is 12.3 Å². The summed E-state index contributed by atoms with van der Waals surface area (Å²) in [7, 11) is 0. The highest BCUT2D eigenvalue weighted by atomic mass is 16.1. The van der Waals surface area contributed by atoms with Gasteiger partial charge < -0.3 is 0 Å². The van der Waals surface area contributed by atoms with Crippen molar-refractivity contribution in [2.24, 2.45) is 11.8 Å². The Morgan fingerprint density at radius 1 is 1.38 bits per heavy atom. The topological polar surface area (TPSA) is 17.1 Å². The average molecular weight is 182 g/mol. The van der Waals surface area contributed by atoms with Gasteiger partial charge in [-0.15, -0.1) is 0 Å². The van der Waals surface area contributed by atoms with Gasteiger partial charge in [0.05, 0.1) is 0 Å². The van der Waals surface area contributed by atoms with Crippen molar-refractivity contribution >= 4 is 5.78 Å². The summed E-state index contributed by atoms with van der Waals surface area (Å²) in [6.07, 6.45) is 8.85. The van der Waals surface area contributed by atoms with Crippen LogP contribution in [-0.4, -0.2) is 5.78 Å². The first-order chi connectivity index (χ1) is 6.24. The van der Waals surface area contributed by atoms with E-state index < -0.39 is 0 Å². The van der Waals surface area contributed by atoms with E-state index in [1.54, 1.807) is 6.92 Å². The first-order valence-electron chi connectivity index (χ1n) is 5.74. The van der Waals surface area contributed by atoms with Crippen LogP contribution in [0.15, 0.2) is 0 Å². The van der Waals surface area contributed by atoms with Gasteiger partial charge in [0.15, 0.2) is 0 Å². The summed E-state index contributed by atoms with van der Waals surface area (Å²) < 4.78 is 0. The number of carbonyl (C=O) groups excluding carboxylic acids is 1. The Hall–Kier alpha value is -0.330. The summed E-state index contributed by atoms with van der Waals surface area (Å²) in [5.74, 6) is 1.71. The maximum atomic E-state index is 11.3. The lowest BCUT2D eigenvalue weighted by Crippen LogP contribution is -2.11. The predicted octanol–water partition coefficient (Wildman–Crippen LogP) is 3.57. The second-order valence-corrected chi connectivity index (χ2v) is 4.48. The van der Waals surface area contributed by atoms with Gasteiger partial charge in [0, 0.05) is 5.92 Å². The molecule has 13 heavy (non-hydrogen) atoms. The SMILES string of the molecule is CCCCCC(CC1CC1)C(C)=O. The van der Waals surface area contributed by atoms with Crippen molar-refractivity contribution in [3.63, 3.8) is 0 Å². The number of carbonyl (C=O) groups is 1. The van der Waals surface area contributed by atoms with E-state index in [9.17, 15) is 4.79 Å². The van der Waals surface area contributed by atoms with E-state index in [1.165, 1.54) is 38.5 Å². The van der Waals surface area contributed by atoms with Gasteiger partial charge in [0.25, 0.3) is 0 Å². The summed E-state index contributed by atoms with van der Waals surface area (Å²) in [4.78, 5) is 11.3. The Labute approximate surface area is 81.9 Å². The van der Waals surface area contributed by atoms with E-state index in [0.29, 0.717) is 11.7 Å². The van der Waals surface area contributed by atoms with Gasteiger partial charge in [-0.2, -0.15) is 0 Å². The molecule has 0 spiro atoms. The number of hydrogen-bond donors (Lipinski definition) is 0. The summed E-state index contributed by atoms with van der Waals surface area (Å²) in [5.41, 5.74) is 0. The molecule has 1 aliphatic carbocycles. The van der Waals surface area contributed by atoms with Crippen LogP contribution in [0.25, 0.3) is 0 Å². The first-order valence-corrected chi connectivity index (χ1v) is 5.74. The van der Waals surface area contributed by atoms with Gasteiger partial charge in [-0.1, -0.05) is 39.0 Å². The molecule has 0 aromatic rings. The Balaban J connectivity index is 2.16. The van der Waals surface area contributed by atoms with E-state index >= 15 is 0 Å². The zero-order valence-corrected chi connectivity index (χ0v) is 9.01. The lowest BCUT2D eigenvalue weighted by molar-refractivity contribution is -0.121. The molecule has 1 saturated carbocycles. The number of hydrogen-bond acceptors (Lipinski definition) is 1. The van der Waals surface area contributed by atoms with Gasteiger partial charge in [0.1, 0.15) is 5.78 Å². The molecular weight excluding hydrogens is 160 g/mol. The molecule has 1 atom stereocenters. The van der Waals surface area contributed by atoms with Gasteiger partial charge in [0.2, 0.25) is 0 Å². The molecular formula is C12H22O. The number of rotatable bonds is 7. The van der Waals surface area contributed by atoms with E-state index in [1.807, 2.05) is 0 Å². The van der Waals surface area contributed by atoms with Crippen molar-refractivity contribution in [3.8, 4) is 0 Å². The fourth-order valence-electron chi connectivity index (χ4n) is 1.88. The number of Topliss-reactive ketones (excluding diaryl/α,β-unsaturated/α-hetero) is 1. The Morgan fingerprint density at radius 3 is 2.54 bits per heavy atom. The van der Waals surface area contributed by atoms with Gasteiger partial charge in [-0.3, -0.25) is 4.79 Å². The Morgan fingerprint density at radius 2 is 2.08 bits per heavy atom. The summed E-state index contributed by atoms with van der Waals surface area (Å²) in [6, 6.07) is 0. The molecule has 1 nitrogen and oxygen atoms in total. The van der Waals surface area contributed by atoms with Crippen molar-refractivity contribution in [3.05, 3.63) is 0 Å². The standard InChI is InChI=1S/C12H22O/c1-3-4-5-6-12(10(2)13)9-11-7-8-11/h11-12H,3-9H2,1-2H3. The molecule has 1 aliphatic rings. The fourth-order valence-corrected chi connectivity index (χ4v) is 1.88. The molecule has 1 unspecified atom stereocenters. The third-order valence-corrected chi connectivity index (χ3v) is 3.05. The molecule has 0 saturated heterocycles. The van der Waals surface area contributed by atoms with Crippen molar-refractivity contribution in [2.75, 3.05) is 0 Å². The lowest BCUT2D eigenvalue weighted by Gasteiger charge is -2.12. The second kappa shape index (κ2) is 5.41. The largest absolute Gasteiger partial charge is 0.300 e. The molecule has 1 rings (SSSR count). The zero-order valence-electron chi connectivity index (χ0n) is 9.01. The molecule has 0 bridgehead atoms. The van der Waals surface area contributed by atoms with Crippen molar-refractivity contribution < 1.29 is 4.79 Å². The minimum atomic E-state index is 0.388. The predicted molar refractivity (Wildman–Crippen MR) is 55.7 cm³/mol. The summed E-state index contributed by atoms with van der Waals surface area (Å²) >= 11 is 0. The highest BCUT2D eigenvalue weighted by Crippen LogP contribution is 2.36. The van der Waals surface area contributed by atoms with E-state index in [2.05, 4.69) is 6.92 Å². The van der Waals surface area contributed by atoms with Crippen molar-refractivity contribution in [1.29, 1.82) is 0 Å². The third-order valence-electron chi connectivity index (χ3n) is 3.05. The van der Waals surface area contributed by atoms with Crippen molar-refractivity contribution in [1.82, 2.24) is 0 Å². The number of unbranched alkanes of at least 4 members (excludes halogenated alkanes) is 2. The van der Waals surface area contributed by atoms with Crippen LogP contribution >= 0.6 is 0 Å². The van der Waals surface area contributed by atoms with Crippen LogP contribution in [0.5, 0.6) is 0 Å². The van der Waals surface area contributed by atoms with Crippen LogP contribution in [0.2, 0.25) is 0 Å². The van der Waals surface area contributed by atoms with Crippen LogP contribution in [-0.2, 0) is 4.79 Å². The van der Waals surface area contributed by atoms with Crippen molar-refractivity contribution in [2.45, 2.75) is 58.8 Å². The summed E-state index contributed by atoms with van der Waals surface area (Å²) in [6.45, 7) is 3.97. The van der Waals surface area contributed by atoms with Crippen LogP contribution in [0.1, 0.15) is 58.8 Å². The summed E-state index contributed by atoms with van der Waals surface area (Å²) in [5, 5.41) is 0. The minimum Gasteiger partial charge on any atom is -0.300 e. The monoisotopic (exact) mass is 182 g/mol. The van der Waals surface area contributed by atoms with Gasteiger partial charge in [-0.05, 0) is 25.7 Å². The Kier molecular flexibility index (Phi) is 4.47. The molecule has 1 heteroatoms. The molecule has 0 aromatic carbocycles. The molecule has 0 radical (unpaired) electrons. The lowest BCUT2D eigenvalue weighted by atomic mass is 9.92. The van der Waals surface area contributed by atoms with Crippen LogP contribution < -0.4 is 0 Å². The van der Waals surface area contributed by atoms with Crippen LogP contribution in [0, 0.1) is 11.8 Å². The molecule has 0 amide bonds. The molecule has 1 fully saturated rings. The molecule has 0 heterocycles. The minimum absolute atomic E-state index is 0.388. The molecule has 0 N–H and O–H groups in total. The third kappa shape index (κ3) is 4.44. The van der Waals surface area contributed by atoms with E-state index in [-0.39, 0.29) is 0 Å². The normalized spacial score (nSPS) is 18.6. The smallest absolute Gasteiger partial charge is 0.132 e. The molecule has 0 aromatic heterocycles. The van der Waals surface area contributed by atoms with Crippen LogP contribution in [0.4, 0.5) is 0 Å². The highest BCUT2D eigenvalue weighted by Gasteiger charge is 2.27. The maximum absolute atomic E-state index is 11.3.